The van der Waals surface area contributed by atoms with Gasteiger partial charge in [-0.05, 0) is 28.7 Å². The second-order valence-electron chi connectivity index (χ2n) is 6.59. The van der Waals surface area contributed by atoms with Gasteiger partial charge in [-0.1, -0.05) is 84.9 Å². The molecule has 130 valence electrons. The summed E-state index contributed by atoms with van der Waals surface area (Å²) in [6.07, 6.45) is 0.863. The van der Waals surface area contributed by atoms with E-state index in [4.69, 9.17) is 0 Å². The Kier molecular flexibility index (Phi) is 4.80. The summed E-state index contributed by atoms with van der Waals surface area (Å²) in [4.78, 5) is 12.8. The first-order chi connectivity index (χ1) is 12.8. The van der Waals surface area contributed by atoms with Gasteiger partial charge in [-0.15, -0.1) is 0 Å². The van der Waals surface area contributed by atoms with Crippen molar-refractivity contribution >= 4 is 5.91 Å². The summed E-state index contributed by atoms with van der Waals surface area (Å²) in [6, 6.07) is 28.4. The number of nitrogens with one attached hydrogen (secondary N) is 2. The zero-order valence-electron chi connectivity index (χ0n) is 14.6. The van der Waals surface area contributed by atoms with E-state index in [1.807, 2.05) is 48.5 Å². The predicted molar refractivity (Wildman–Crippen MR) is 104 cm³/mol. The highest BCUT2D eigenvalue weighted by atomic mass is 16.2. The van der Waals surface area contributed by atoms with E-state index >= 15 is 0 Å². The van der Waals surface area contributed by atoms with Gasteiger partial charge < -0.3 is 5.32 Å². The lowest BCUT2D eigenvalue weighted by molar-refractivity contribution is -0.123. The molecular formula is C23H22N2O. The fourth-order valence-corrected chi connectivity index (χ4v) is 3.62. The molecular weight excluding hydrogens is 320 g/mol. The molecule has 0 radical (unpaired) electrons. The van der Waals surface area contributed by atoms with Gasteiger partial charge in [-0.25, -0.2) is 0 Å². The normalized spacial score (nSPS) is 16.7. The average molecular weight is 342 g/mol. The summed E-state index contributed by atoms with van der Waals surface area (Å²) in [5, 5.41) is 6.67. The van der Waals surface area contributed by atoms with Gasteiger partial charge in [0.15, 0.2) is 0 Å². The van der Waals surface area contributed by atoms with Gasteiger partial charge in [0, 0.05) is 6.54 Å². The fourth-order valence-electron chi connectivity index (χ4n) is 3.62. The van der Waals surface area contributed by atoms with Gasteiger partial charge >= 0.3 is 0 Å². The lowest BCUT2D eigenvalue weighted by Crippen LogP contribution is -2.38. The topological polar surface area (TPSA) is 41.1 Å². The maximum absolute atomic E-state index is 12.8. The molecule has 3 aromatic rings. The minimum absolute atomic E-state index is 0.0341. The number of rotatable bonds is 4. The molecule has 1 aliphatic rings. The molecule has 2 N–H and O–H groups in total. The van der Waals surface area contributed by atoms with Crippen molar-refractivity contribution in [2.24, 2.45) is 0 Å². The first-order valence-electron chi connectivity index (χ1n) is 9.04. The minimum Gasteiger partial charge on any atom is -0.354 e. The Bertz CT molecular complexity index is 837. The first-order valence-corrected chi connectivity index (χ1v) is 9.04. The summed E-state index contributed by atoms with van der Waals surface area (Å²) in [6.45, 7) is 0.676. The van der Waals surface area contributed by atoms with Crippen LogP contribution in [0, 0.1) is 0 Å². The van der Waals surface area contributed by atoms with E-state index in [0.717, 1.165) is 23.1 Å². The number of fused-ring (bicyclic) bond motifs is 1. The van der Waals surface area contributed by atoms with Crippen molar-refractivity contribution < 1.29 is 4.79 Å². The van der Waals surface area contributed by atoms with Crippen LogP contribution in [0.25, 0.3) is 0 Å². The summed E-state index contributed by atoms with van der Waals surface area (Å²) in [7, 11) is 0. The minimum atomic E-state index is -0.376. The Morgan fingerprint density at radius 1 is 0.808 bits per heavy atom. The van der Waals surface area contributed by atoms with Crippen molar-refractivity contribution in [1.82, 2.24) is 10.6 Å². The van der Waals surface area contributed by atoms with Crippen LogP contribution in [-0.2, 0) is 11.2 Å². The maximum atomic E-state index is 12.8. The number of hydrogen-bond acceptors (Lipinski definition) is 2. The second-order valence-corrected chi connectivity index (χ2v) is 6.59. The van der Waals surface area contributed by atoms with E-state index in [-0.39, 0.29) is 18.0 Å². The molecule has 26 heavy (non-hydrogen) atoms. The highest BCUT2D eigenvalue weighted by Gasteiger charge is 2.28. The summed E-state index contributed by atoms with van der Waals surface area (Å²) < 4.78 is 0. The molecule has 1 atom stereocenters. The van der Waals surface area contributed by atoms with Crippen LogP contribution in [0.2, 0.25) is 0 Å². The molecule has 0 spiro atoms. The molecule has 3 nitrogen and oxygen atoms in total. The molecule has 0 aliphatic carbocycles. The number of hydrogen-bond donors (Lipinski definition) is 2. The van der Waals surface area contributed by atoms with E-state index in [1.54, 1.807) is 0 Å². The highest BCUT2D eigenvalue weighted by molar-refractivity contribution is 5.84. The molecule has 1 aliphatic heterocycles. The quantitative estimate of drug-likeness (QED) is 0.758. The van der Waals surface area contributed by atoms with E-state index < -0.39 is 0 Å². The van der Waals surface area contributed by atoms with Crippen molar-refractivity contribution in [2.75, 3.05) is 6.54 Å². The van der Waals surface area contributed by atoms with Gasteiger partial charge in [-0.2, -0.15) is 0 Å². The van der Waals surface area contributed by atoms with Gasteiger partial charge in [-0.3, -0.25) is 10.1 Å². The Morgan fingerprint density at radius 2 is 1.38 bits per heavy atom. The van der Waals surface area contributed by atoms with Crippen LogP contribution < -0.4 is 10.6 Å². The van der Waals surface area contributed by atoms with Crippen molar-refractivity contribution in [3.63, 3.8) is 0 Å². The van der Waals surface area contributed by atoms with Crippen molar-refractivity contribution in [3.8, 4) is 0 Å². The Hall–Kier alpha value is -2.91. The lowest BCUT2D eigenvalue weighted by atomic mass is 9.94. The summed E-state index contributed by atoms with van der Waals surface area (Å²) >= 11 is 0. The van der Waals surface area contributed by atoms with E-state index in [2.05, 4.69) is 47.0 Å². The van der Waals surface area contributed by atoms with Gasteiger partial charge in [0.05, 0.1) is 6.04 Å². The smallest absolute Gasteiger partial charge is 0.241 e. The predicted octanol–water partition coefficient (Wildman–Crippen LogP) is 3.78. The number of carbonyl (C=O) groups excluding carboxylic acids is 1. The largest absolute Gasteiger partial charge is 0.354 e. The maximum Gasteiger partial charge on any atom is 0.241 e. The summed E-state index contributed by atoms with van der Waals surface area (Å²) in [5.74, 6) is 0.0341. The average Bonchev–Trinajstić information content (AvgIpc) is 2.86. The molecule has 0 aromatic heterocycles. The monoisotopic (exact) mass is 342 g/mol. The Balaban J connectivity index is 1.75. The SMILES string of the molecule is O=C1NCCc2ccccc2C1NC(c1ccccc1)c1ccccc1. The third kappa shape index (κ3) is 3.39. The zero-order valence-corrected chi connectivity index (χ0v) is 14.6. The second kappa shape index (κ2) is 7.54. The van der Waals surface area contributed by atoms with Crippen LogP contribution >= 0.6 is 0 Å². The number of carbonyl (C=O) groups is 1. The van der Waals surface area contributed by atoms with Gasteiger partial charge in [0.25, 0.3) is 0 Å². The molecule has 3 aromatic carbocycles. The molecule has 3 heteroatoms. The molecule has 4 rings (SSSR count). The van der Waals surface area contributed by atoms with Crippen molar-refractivity contribution in [2.45, 2.75) is 18.5 Å². The summed E-state index contributed by atoms with van der Waals surface area (Å²) in [5.41, 5.74) is 4.59. The lowest BCUT2D eigenvalue weighted by Gasteiger charge is -2.26. The van der Waals surface area contributed by atoms with Crippen LogP contribution in [0.5, 0.6) is 0 Å². The molecule has 1 unspecified atom stereocenters. The molecule has 0 fully saturated rings. The van der Waals surface area contributed by atoms with Crippen molar-refractivity contribution in [3.05, 3.63) is 107 Å². The van der Waals surface area contributed by atoms with Gasteiger partial charge in [0.2, 0.25) is 5.91 Å². The van der Waals surface area contributed by atoms with Crippen LogP contribution in [0.3, 0.4) is 0 Å². The Morgan fingerprint density at radius 3 is 2.04 bits per heavy atom. The fraction of sp³-hybridized carbons (Fsp3) is 0.174. The molecule has 1 amide bonds. The molecule has 0 saturated heterocycles. The molecule has 0 saturated carbocycles. The third-order valence-corrected chi connectivity index (χ3v) is 4.92. The third-order valence-electron chi connectivity index (χ3n) is 4.92. The molecule has 0 bridgehead atoms. The van der Waals surface area contributed by atoms with E-state index in [9.17, 15) is 4.79 Å². The number of benzene rings is 3. The van der Waals surface area contributed by atoms with Crippen LogP contribution in [-0.4, -0.2) is 12.5 Å². The molecule has 1 heterocycles. The van der Waals surface area contributed by atoms with Gasteiger partial charge in [0.1, 0.15) is 6.04 Å². The van der Waals surface area contributed by atoms with E-state index in [1.165, 1.54) is 5.56 Å². The van der Waals surface area contributed by atoms with Crippen LogP contribution in [0.15, 0.2) is 84.9 Å². The first kappa shape index (κ1) is 16.6. The zero-order chi connectivity index (χ0) is 17.8. The highest BCUT2D eigenvalue weighted by Crippen LogP contribution is 2.28. The Labute approximate surface area is 154 Å². The number of amides is 1. The van der Waals surface area contributed by atoms with Crippen LogP contribution in [0.4, 0.5) is 0 Å². The standard InChI is InChI=1S/C23H22N2O/c26-23-22(20-14-8-7-9-17(20)15-16-24-23)25-21(18-10-3-1-4-11-18)19-12-5-2-6-13-19/h1-14,21-22,25H,15-16H2,(H,24,26). The van der Waals surface area contributed by atoms with E-state index in [0.29, 0.717) is 6.54 Å². The van der Waals surface area contributed by atoms with Crippen molar-refractivity contribution in [1.29, 1.82) is 0 Å². The van der Waals surface area contributed by atoms with Crippen LogP contribution in [0.1, 0.15) is 34.3 Å².